The molecule has 8 heteroatoms. The lowest BCUT2D eigenvalue weighted by atomic mass is 10.1. The highest BCUT2D eigenvalue weighted by atomic mass is 16.5. The van der Waals surface area contributed by atoms with Crippen molar-refractivity contribution in [2.45, 2.75) is 6.54 Å². The van der Waals surface area contributed by atoms with Gasteiger partial charge in [0.25, 0.3) is 5.91 Å². The van der Waals surface area contributed by atoms with Crippen LogP contribution in [0.25, 0.3) is 22.5 Å². The average molecular weight is 400 g/mol. The molecule has 1 amide bonds. The van der Waals surface area contributed by atoms with Gasteiger partial charge in [-0.15, -0.1) is 0 Å². The zero-order valence-corrected chi connectivity index (χ0v) is 16.4. The van der Waals surface area contributed by atoms with Gasteiger partial charge in [0.15, 0.2) is 0 Å². The molecule has 0 aliphatic heterocycles. The average Bonchev–Trinajstić information content (AvgIpc) is 3.24. The largest absolute Gasteiger partial charge is 0.497 e. The fourth-order valence-electron chi connectivity index (χ4n) is 3.04. The van der Waals surface area contributed by atoms with E-state index < -0.39 is 0 Å². The van der Waals surface area contributed by atoms with E-state index in [1.165, 1.54) is 18.6 Å². The van der Waals surface area contributed by atoms with Crippen molar-refractivity contribution in [2.75, 3.05) is 13.7 Å². The van der Waals surface area contributed by atoms with E-state index in [-0.39, 0.29) is 11.6 Å². The number of aromatic nitrogens is 5. The molecule has 0 spiro atoms. The molecule has 0 saturated carbocycles. The second-order valence-corrected chi connectivity index (χ2v) is 6.46. The third-order valence-corrected chi connectivity index (χ3v) is 4.51. The highest BCUT2D eigenvalue weighted by Gasteiger charge is 2.13. The smallest absolute Gasteiger partial charge is 0.271 e. The zero-order valence-electron chi connectivity index (χ0n) is 16.4. The van der Waals surface area contributed by atoms with Gasteiger partial charge in [0, 0.05) is 42.5 Å². The molecule has 0 bridgehead atoms. The number of carbonyl (C=O) groups excluding carboxylic acids is 1. The Morgan fingerprint density at radius 1 is 1.03 bits per heavy atom. The van der Waals surface area contributed by atoms with Crippen LogP contribution >= 0.6 is 0 Å². The van der Waals surface area contributed by atoms with E-state index >= 15 is 0 Å². The van der Waals surface area contributed by atoms with E-state index in [0.717, 1.165) is 28.3 Å². The standard InChI is InChI=1S/C22H20N6O2/c1-30-18-6-2-4-16(12-18)21-13-19(17-5-3-7-23-14-17)27-28(21)11-10-26-22(29)20-15-24-8-9-25-20/h2-9,12-15H,10-11H2,1H3,(H,26,29). The Hall–Kier alpha value is -4.07. The lowest BCUT2D eigenvalue weighted by Gasteiger charge is -2.09. The molecule has 30 heavy (non-hydrogen) atoms. The third-order valence-electron chi connectivity index (χ3n) is 4.51. The third kappa shape index (κ3) is 4.33. The van der Waals surface area contributed by atoms with Crippen molar-refractivity contribution in [3.05, 3.63) is 79.1 Å². The molecule has 0 unspecified atom stereocenters. The summed E-state index contributed by atoms with van der Waals surface area (Å²) >= 11 is 0. The van der Waals surface area contributed by atoms with Crippen molar-refractivity contribution in [1.82, 2.24) is 30.0 Å². The topological polar surface area (TPSA) is 94.8 Å². The monoisotopic (exact) mass is 400 g/mol. The summed E-state index contributed by atoms with van der Waals surface area (Å²) in [5, 5.41) is 7.60. The molecular formula is C22H20N6O2. The molecule has 0 aliphatic carbocycles. The zero-order chi connectivity index (χ0) is 20.8. The van der Waals surface area contributed by atoms with E-state index in [1.54, 1.807) is 19.5 Å². The van der Waals surface area contributed by atoms with Gasteiger partial charge in [-0.3, -0.25) is 19.4 Å². The predicted molar refractivity (Wildman–Crippen MR) is 112 cm³/mol. The molecule has 0 fully saturated rings. The van der Waals surface area contributed by atoms with Gasteiger partial charge in [-0.2, -0.15) is 5.10 Å². The van der Waals surface area contributed by atoms with E-state index in [1.807, 2.05) is 47.1 Å². The lowest BCUT2D eigenvalue weighted by Crippen LogP contribution is -2.28. The Bertz CT molecular complexity index is 1130. The summed E-state index contributed by atoms with van der Waals surface area (Å²) < 4.78 is 7.23. The Morgan fingerprint density at radius 2 is 1.90 bits per heavy atom. The molecule has 4 rings (SSSR count). The van der Waals surface area contributed by atoms with Gasteiger partial charge in [0.05, 0.1) is 31.2 Å². The van der Waals surface area contributed by atoms with Crippen molar-refractivity contribution >= 4 is 5.91 Å². The van der Waals surface area contributed by atoms with Crippen LogP contribution in [0.15, 0.2) is 73.4 Å². The van der Waals surface area contributed by atoms with Crippen molar-refractivity contribution < 1.29 is 9.53 Å². The van der Waals surface area contributed by atoms with Gasteiger partial charge in [0.2, 0.25) is 0 Å². The predicted octanol–water partition coefficient (Wildman–Crippen LogP) is 2.84. The quantitative estimate of drug-likeness (QED) is 0.513. The Kier molecular flexibility index (Phi) is 5.75. The minimum absolute atomic E-state index is 0.273. The minimum atomic E-state index is -0.273. The number of benzene rings is 1. The molecule has 0 atom stereocenters. The highest BCUT2D eigenvalue weighted by molar-refractivity contribution is 5.91. The first-order chi connectivity index (χ1) is 14.7. The second-order valence-electron chi connectivity index (χ2n) is 6.46. The van der Waals surface area contributed by atoms with Crippen molar-refractivity contribution in [3.63, 3.8) is 0 Å². The van der Waals surface area contributed by atoms with Crippen LogP contribution in [0.2, 0.25) is 0 Å². The molecule has 4 aromatic rings. The van der Waals surface area contributed by atoms with Crippen molar-refractivity contribution in [2.24, 2.45) is 0 Å². The van der Waals surface area contributed by atoms with Crippen LogP contribution in [0.1, 0.15) is 10.5 Å². The maximum absolute atomic E-state index is 12.2. The number of hydrogen-bond donors (Lipinski definition) is 1. The summed E-state index contributed by atoms with van der Waals surface area (Å²) in [7, 11) is 1.64. The van der Waals surface area contributed by atoms with Crippen LogP contribution in [0.4, 0.5) is 0 Å². The van der Waals surface area contributed by atoms with Crippen molar-refractivity contribution in [3.8, 4) is 28.3 Å². The summed E-state index contributed by atoms with van der Waals surface area (Å²) in [6.45, 7) is 0.874. The summed E-state index contributed by atoms with van der Waals surface area (Å²) in [4.78, 5) is 24.3. The molecule has 8 nitrogen and oxygen atoms in total. The molecule has 0 radical (unpaired) electrons. The molecule has 0 saturated heterocycles. The van der Waals surface area contributed by atoms with E-state index in [9.17, 15) is 4.79 Å². The van der Waals surface area contributed by atoms with Gasteiger partial charge < -0.3 is 10.1 Å². The number of nitrogens with one attached hydrogen (secondary N) is 1. The summed E-state index contributed by atoms with van der Waals surface area (Å²) in [5.41, 5.74) is 3.89. The van der Waals surface area contributed by atoms with Gasteiger partial charge >= 0.3 is 0 Å². The number of rotatable bonds is 7. The summed E-state index contributed by atoms with van der Waals surface area (Å²) in [6, 6.07) is 13.6. The van der Waals surface area contributed by atoms with Crippen LogP contribution in [-0.2, 0) is 6.54 Å². The normalized spacial score (nSPS) is 10.6. The number of hydrogen-bond acceptors (Lipinski definition) is 6. The van der Waals surface area contributed by atoms with Crippen LogP contribution in [0.5, 0.6) is 5.75 Å². The molecule has 1 aromatic carbocycles. The van der Waals surface area contributed by atoms with Gasteiger partial charge in [-0.1, -0.05) is 12.1 Å². The molecule has 1 N–H and O–H groups in total. The maximum Gasteiger partial charge on any atom is 0.271 e. The maximum atomic E-state index is 12.2. The lowest BCUT2D eigenvalue weighted by molar-refractivity contribution is 0.0946. The Morgan fingerprint density at radius 3 is 2.67 bits per heavy atom. The number of amides is 1. The number of pyridine rings is 1. The van der Waals surface area contributed by atoms with Gasteiger partial charge in [-0.25, -0.2) is 4.98 Å². The van der Waals surface area contributed by atoms with E-state index in [0.29, 0.717) is 13.1 Å². The summed E-state index contributed by atoms with van der Waals surface area (Å²) in [5.74, 6) is 0.491. The Labute approximate surface area is 173 Å². The molecule has 0 aliphatic rings. The number of carbonyl (C=O) groups is 1. The SMILES string of the molecule is COc1cccc(-c2cc(-c3cccnc3)nn2CCNC(=O)c2cnccn2)c1. The van der Waals surface area contributed by atoms with Crippen molar-refractivity contribution in [1.29, 1.82) is 0 Å². The van der Waals surface area contributed by atoms with E-state index in [2.05, 4.69) is 20.3 Å². The first-order valence-electron chi connectivity index (χ1n) is 9.41. The Balaban J connectivity index is 1.58. The van der Waals surface area contributed by atoms with Crippen LogP contribution < -0.4 is 10.1 Å². The van der Waals surface area contributed by atoms with E-state index in [4.69, 9.17) is 9.84 Å². The van der Waals surface area contributed by atoms with Crippen LogP contribution in [0, 0.1) is 0 Å². The first-order valence-corrected chi connectivity index (χ1v) is 9.41. The molecule has 150 valence electrons. The van der Waals surface area contributed by atoms with Gasteiger partial charge in [-0.05, 0) is 30.3 Å². The van der Waals surface area contributed by atoms with Gasteiger partial charge in [0.1, 0.15) is 11.4 Å². The molecule has 3 aromatic heterocycles. The number of methoxy groups -OCH3 is 1. The highest BCUT2D eigenvalue weighted by Crippen LogP contribution is 2.28. The van der Waals surface area contributed by atoms with Crippen LogP contribution in [0.3, 0.4) is 0 Å². The fraction of sp³-hybridized carbons (Fsp3) is 0.136. The molecule has 3 heterocycles. The summed E-state index contributed by atoms with van der Waals surface area (Å²) in [6.07, 6.45) is 7.96. The first kappa shape index (κ1) is 19.3. The fourth-order valence-corrected chi connectivity index (χ4v) is 3.04. The number of nitrogens with zero attached hydrogens (tertiary/aromatic N) is 5. The minimum Gasteiger partial charge on any atom is -0.497 e. The van der Waals surface area contributed by atoms with Crippen LogP contribution in [-0.4, -0.2) is 44.3 Å². The second kappa shape index (κ2) is 8.95. The number of ether oxygens (including phenoxy) is 1. The molecular weight excluding hydrogens is 380 g/mol.